The summed E-state index contributed by atoms with van der Waals surface area (Å²) >= 11 is 0. The zero-order valence-corrected chi connectivity index (χ0v) is 10.8. The first-order chi connectivity index (χ1) is 8.97. The molecule has 0 amide bonds. The Kier molecular flexibility index (Phi) is 3.66. The average Bonchev–Trinajstić information content (AvgIpc) is 2.69. The number of nitro groups is 1. The number of aliphatic hydroxyl groups is 1. The Hall–Kier alpha value is -2.14. The van der Waals surface area contributed by atoms with Crippen molar-refractivity contribution in [3.05, 3.63) is 63.1 Å². The summed E-state index contributed by atoms with van der Waals surface area (Å²) in [6.07, 6.45) is -0.267. The van der Waals surface area contributed by atoms with Crippen LogP contribution in [0.4, 0.5) is 5.69 Å². The Morgan fingerprint density at radius 2 is 1.95 bits per heavy atom. The second-order valence-electron chi connectivity index (χ2n) is 4.51. The van der Waals surface area contributed by atoms with Crippen LogP contribution < -0.4 is 0 Å². The molecule has 1 heterocycles. The number of rotatable bonds is 4. The van der Waals surface area contributed by atoms with E-state index in [0.29, 0.717) is 12.2 Å². The van der Waals surface area contributed by atoms with Gasteiger partial charge in [0.15, 0.2) is 0 Å². The van der Waals surface area contributed by atoms with Gasteiger partial charge in [-0.15, -0.1) is 0 Å². The average molecular weight is 261 g/mol. The lowest BCUT2D eigenvalue weighted by atomic mass is 10.0. The van der Waals surface area contributed by atoms with Crippen LogP contribution >= 0.6 is 0 Å². The van der Waals surface area contributed by atoms with E-state index in [2.05, 4.69) is 0 Å². The molecule has 1 unspecified atom stereocenters. The molecule has 5 heteroatoms. The highest BCUT2D eigenvalue weighted by atomic mass is 16.6. The summed E-state index contributed by atoms with van der Waals surface area (Å²) in [4.78, 5) is 10.1. The van der Waals surface area contributed by atoms with Crippen LogP contribution in [0.15, 0.2) is 34.7 Å². The third-order valence-corrected chi connectivity index (χ3v) is 3.01. The number of non-ortho nitro benzene ring substituents is 1. The topological polar surface area (TPSA) is 76.5 Å². The normalized spacial score (nSPS) is 12.4. The minimum atomic E-state index is -0.668. The lowest BCUT2D eigenvalue weighted by molar-refractivity contribution is -0.384. The Morgan fingerprint density at radius 1 is 1.32 bits per heavy atom. The zero-order valence-electron chi connectivity index (χ0n) is 10.8. The summed E-state index contributed by atoms with van der Waals surface area (Å²) in [5.41, 5.74) is 1.65. The van der Waals surface area contributed by atoms with Gasteiger partial charge in [-0.25, -0.2) is 0 Å². The second-order valence-corrected chi connectivity index (χ2v) is 4.51. The standard InChI is InChI=1S/C14H15NO4/c1-9-7-13(10(2)19-9)14(16)8-11-3-5-12(6-4-11)15(17)18/h3-7,14,16H,8H2,1-2H3. The van der Waals surface area contributed by atoms with Crippen molar-refractivity contribution in [2.75, 3.05) is 0 Å². The van der Waals surface area contributed by atoms with E-state index in [9.17, 15) is 15.2 Å². The summed E-state index contributed by atoms with van der Waals surface area (Å²) in [7, 11) is 0. The molecule has 2 aromatic rings. The van der Waals surface area contributed by atoms with E-state index in [1.54, 1.807) is 19.1 Å². The highest BCUT2D eigenvalue weighted by Gasteiger charge is 2.15. The molecule has 1 aromatic heterocycles. The largest absolute Gasteiger partial charge is 0.466 e. The summed E-state index contributed by atoms with van der Waals surface area (Å²) < 4.78 is 5.37. The van der Waals surface area contributed by atoms with Crippen LogP contribution in [0.2, 0.25) is 0 Å². The number of benzene rings is 1. The lowest BCUT2D eigenvalue weighted by Gasteiger charge is -2.09. The molecule has 1 atom stereocenters. The van der Waals surface area contributed by atoms with Crippen molar-refractivity contribution in [3.8, 4) is 0 Å². The number of aryl methyl sites for hydroxylation is 2. The molecular weight excluding hydrogens is 246 g/mol. The lowest BCUT2D eigenvalue weighted by Crippen LogP contribution is -2.02. The molecular formula is C14H15NO4. The van der Waals surface area contributed by atoms with Crippen molar-refractivity contribution in [1.82, 2.24) is 0 Å². The maximum absolute atomic E-state index is 10.5. The van der Waals surface area contributed by atoms with Gasteiger partial charge in [-0.3, -0.25) is 10.1 Å². The van der Waals surface area contributed by atoms with E-state index >= 15 is 0 Å². The number of hydrogen-bond donors (Lipinski definition) is 1. The van der Waals surface area contributed by atoms with E-state index in [0.717, 1.165) is 16.9 Å². The van der Waals surface area contributed by atoms with Gasteiger partial charge in [-0.1, -0.05) is 12.1 Å². The molecule has 0 saturated heterocycles. The van der Waals surface area contributed by atoms with Crippen molar-refractivity contribution >= 4 is 5.69 Å². The van der Waals surface area contributed by atoms with Crippen molar-refractivity contribution in [1.29, 1.82) is 0 Å². The minimum Gasteiger partial charge on any atom is -0.466 e. The second kappa shape index (κ2) is 5.24. The van der Waals surface area contributed by atoms with E-state index in [-0.39, 0.29) is 5.69 Å². The zero-order chi connectivity index (χ0) is 14.0. The first kappa shape index (κ1) is 13.3. The number of nitrogens with zero attached hydrogens (tertiary/aromatic N) is 1. The smallest absolute Gasteiger partial charge is 0.269 e. The van der Waals surface area contributed by atoms with Gasteiger partial charge in [0, 0.05) is 24.1 Å². The first-order valence-corrected chi connectivity index (χ1v) is 5.95. The number of furan rings is 1. The molecule has 0 fully saturated rings. The SMILES string of the molecule is Cc1cc(C(O)Cc2ccc([N+](=O)[O-])cc2)c(C)o1. The number of aliphatic hydroxyl groups excluding tert-OH is 1. The molecule has 0 radical (unpaired) electrons. The van der Waals surface area contributed by atoms with Gasteiger partial charge < -0.3 is 9.52 Å². The van der Waals surface area contributed by atoms with Crippen molar-refractivity contribution in [3.63, 3.8) is 0 Å². The molecule has 19 heavy (non-hydrogen) atoms. The van der Waals surface area contributed by atoms with Crippen LogP contribution in [-0.4, -0.2) is 10.0 Å². The molecule has 0 spiro atoms. The highest BCUT2D eigenvalue weighted by molar-refractivity contribution is 5.34. The third kappa shape index (κ3) is 3.00. The predicted octanol–water partition coefficient (Wildman–Crippen LogP) is 3.08. The molecule has 2 rings (SSSR count). The monoisotopic (exact) mass is 261 g/mol. The maximum atomic E-state index is 10.5. The molecule has 0 aliphatic heterocycles. The van der Waals surface area contributed by atoms with Crippen molar-refractivity contribution < 1.29 is 14.4 Å². The quantitative estimate of drug-likeness (QED) is 0.677. The van der Waals surface area contributed by atoms with Gasteiger partial charge in [0.05, 0.1) is 11.0 Å². The van der Waals surface area contributed by atoms with Crippen molar-refractivity contribution in [2.24, 2.45) is 0 Å². The Bertz CT molecular complexity index is 586. The van der Waals surface area contributed by atoms with Gasteiger partial charge >= 0.3 is 0 Å². The van der Waals surface area contributed by atoms with Gasteiger partial charge in [0.1, 0.15) is 11.5 Å². The number of hydrogen-bond acceptors (Lipinski definition) is 4. The molecule has 0 saturated carbocycles. The predicted molar refractivity (Wildman–Crippen MR) is 69.9 cm³/mol. The molecule has 5 nitrogen and oxygen atoms in total. The Balaban J connectivity index is 2.12. The third-order valence-electron chi connectivity index (χ3n) is 3.01. The van der Waals surface area contributed by atoms with E-state index in [4.69, 9.17) is 4.42 Å². The van der Waals surface area contributed by atoms with Crippen LogP contribution in [0.25, 0.3) is 0 Å². The molecule has 0 bridgehead atoms. The van der Waals surface area contributed by atoms with E-state index in [1.165, 1.54) is 12.1 Å². The maximum Gasteiger partial charge on any atom is 0.269 e. The highest BCUT2D eigenvalue weighted by Crippen LogP contribution is 2.25. The molecule has 1 aromatic carbocycles. The van der Waals surface area contributed by atoms with Gasteiger partial charge in [-0.05, 0) is 25.5 Å². The Morgan fingerprint density at radius 3 is 2.42 bits per heavy atom. The first-order valence-electron chi connectivity index (χ1n) is 5.95. The van der Waals surface area contributed by atoms with Crippen LogP contribution in [0.1, 0.15) is 28.8 Å². The Labute approximate surface area is 110 Å². The fourth-order valence-corrected chi connectivity index (χ4v) is 2.07. The minimum absolute atomic E-state index is 0.0496. The fraction of sp³-hybridized carbons (Fsp3) is 0.286. The van der Waals surface area contributed by atoms with Crippen LogP contribution in [-0.2, 0) is 6.42 Å². The van der Waals surface area contributed by atoms with Crippen LogP contribution in [0.3, 0.4) is 0 Å². The fourth-order valence-electron chi connectivity index (χ4n) is 2.07. The van der Waals surface area contributed by atoms with E-state index in [1.807, 2.05) is 13.0 Å². The van der Waals surface area contributed by atoms with Gasteiger partial charge in [-0.2, -0.15) is 0 Å². The summed E-state index contributed by atoms with van der Waals surface area (Å²) in [5.74, 6) is 1.46. The van der Waals surface area contributed by atoms with Crippen molar-refractivity contribution in [2.45, 2.75) is 26.4 Å². The van der Waals surface area contributed by atoms with Crippen LogP contribution in [0, 0.1) is 24.0 Å². The summed E-state index contributed by atoms with van der Waals surface area (Å²) in [6, 6.07) is 8.00. The molecule has 100 valence electrons. The molecule has 1 N–H and O–H groups in total. The molecule has 0 aliphatic rings. The van der Waals surface area contributed by atoms with Gasteiger partial charge in [0.25, 0.3) is 5.69 Å². The van der Waals surface area contributed by atoms with Gasteiger partial charge in [0.2, 0.25) is 0 Å². The number of nitro benzene ring substituents is 1. The van der Waals surface area contributed by atoms with E-state index < -0.39 is 11.0 Å². The van der Waals surface area contributed by atoms with Crippen LogP contribution in [0.5, 0.6) is 0 Å². The molecule has 0 aliphatic carbocycles. The summed E-state index contributed by atoms with van der Waals surface area (Å²) in [5, 5.41) is 20.7. The summed E-state index contributed by atoms with van der Waals surface area (Å²) in [6.45, 7) is 3.64.